The predicted octanol–water partition coefficient (Wildman–Crippen LogP) is 4.06. The van der Waals surface area contributed by atoms with Gasteiger partial charge in [0.15, 0.2) is 5.78 Å². The molecular formula is C20H27NO4. The number of rotatable bonds is 3. The van der Waals surface area contributed by atoms with Gasteiger partial charge in [-0.1, -0.05) is 12.1 Å². The minimum Gasteiger partial charge on any atom is -0.497 e. The SMILES string of the molecule is COc1cccc(C(=O)C2CC3CCC(C2)N3C(=O)OC(C)(C)C)c1. The number of benzene rings is 1. The summed E-state index contributed by atoms with van der Waals surface area (Å²) >= 11 is 0. The van der Waals surface area contributed by atoms with E-state index in [4.69, 9.17) is 9.47 Å². The second-order valence-electron chi connectivity index (χ2n) is 8.04. The lowest BCUT2D eigenvalue weighted by atomic mass is 9.85. The number of hydrogen-bond acceptors (Lipinski definition) is 4. The van der Waals surface area contributed by atoms with Crippen LogP contribution in [0.4, 0.5) is 4.79 Å². The van der Waals surface area contributed by atoms with Gasteiger partial charge in [0, 0.05) is 23.6 Å². The van der Waals surface area contributed by atoms with Crippen LogP contribution in [0.1, 0.15) is 56.8 Å². The van der Waals surface area contributed by atoms with Crippen molar-refractivity contribution in [3.8, 4) is 5.75 Å². The number of ketones is 1. The van der Waals surface area contributed by atoms with E-state index in [-0.39, 0.29) is 29.9 Å². The molecule has 5 heteroatoms. The zero-order valence-corrected chi connectivity index (χ0v) is 15.5. The minimum atomic E-state index is -0.496. The average molecular weight is 345 g/mol. The van der Waals surface area contributed by atoms with Crippen molar-refractivity contribution in [3.63, 3.8) is 0 Å². The second kappa shape index (κ2) is 6.70. The molecule has 3 rings (SSSR count). The van der Waals surface area contributed by atoms with Crippen molar-refractivity contribution in [3.05, 3.63) is 29.8 Å². The summed E-state index contributed by atoms with van der Waals surface area (Å²) in [5.41, 5.74) is 0.193. The van der Waals surface area contributed by atoms with E-state index < -0.39 is 5.60 Å². The number of methoxy groups -OCH3 is 1. The Morgan fingerprint density at radius 2 is 1.76 bits per heavy atom. The molecule has 2 unspecified atom stereocenters. The van der Waals surface area contributed by atoms with E-state index in [1.165, 1.54) is 0 Å². The van der Waals surface area contributed by atoms with Crippen molar-refractivity contribution in [2.45, 2.75) is 64.1 Å². The van der Waals surface area contributed by atoms with Crippen LogP contribution in [0, 0.1) is 5.92 Å². The Labute approximate surface area is 149 Å². The Balaban J connectivity index is 1.71. The summed E-state index contributed by atoms with van der Waals surface area (Å²) in [5, 5.41) is 0. The summed E-state index contributed by atoms with van der Waals surface area (Å²) in [7, 11) is 1.60. The topological polar surface area (TPSA) is 55.8 Å². The molecule has 2 atom stereocenters. The molecule has 2 fully saturated rings. The van der Waals surface area contributed by atoms with Crippen LogP contribution >= 0.6 is 0 Å². The first-order chi connectivity index (χ1) is 11.8. The molecule has 0 saturated carbocycles. The van der Waals surface area contributed by atoms with E-state index in [1.807, 2.05) is 43.9 Å². The van der Waals surface area contributed by atoms with Crippen molar-refractivity contribution in [2.75, 3.05) is 7.11 Å². The molecule has 136 valence electrons. The third-order valence-corrected chi connectivity index (χ3v) is 5.06. The average Bonchev–Trinajstić information content (AvgIpc) is 2.83. The predicted molar refractivity (Wildman–Crippen MR) is 94.9 cm³/mol. The quantitative estimate of drug-likeness (QED) is 0.775. The fourth-order valence-electron chi connectivity index (χ4n) is 4.02. The first kappa shape index (κ1) is 17.8. The van der Waals surface area contributed by atoms with E-state index in [0.29, 0.717) is 24.2 Å². The monoisotopic (exact) mass is 345 g/mol. The van der Waals surface area contributed by atoms with E-state index in [1.54, 1.807) is 13.2 Å². The molecular weight excluding hydrogens is 318 g/mol. The molecule has 25 heavy (non-hydrogen) atoms. The molecule has 2 aliphatic heterocycles. The lowest BCUT2D eigenvalue weighted by Gasteiger charge is -2.39. The first-order valence-corrected chi connectivity index (χ1v) is 8.98. The first-order valence-electron chi connectivity index (χ1n) is 8.98. The lowest BCUT2D eigenvalue weighted by molar-refractivity contribution is 0.00254. The van der Waals surface area contributed by atoms with Gasteiger partial charge in [0.25, 0.3) is 0 Å². The van der Waals surface area contributed by atoms with Gasteiger partial charge < -0.3 is 14.4 Å². The maximum Gasteiger partial charge on any atom is 0.410 e. The van der Waals surface area contributed by atoms with Gasteiger partial charge in [-0.05, 0) is 58.6 Å². The van der Waals surface area contributed by atoms with Gasteiger partial charge in [0.05, 0.1) is 7.11 Å². The van der Waals surface area contributed by atoms with Gasteiger partial charge in [-0.15, -0.1) is 0 Å². The highest BCUT2D eigenvalue weighted by atomic mass is 16.6. The van der Waals surface area contributed by atoms with Crippen LogP contribution in [0.5, 0.6) is 5.75 Å². The molecule has 0 N–H and O–H groups in total. The van der Waals surface area contributed by atoms with Gasteiger partial charge in [0.1, 0.15) is 11.4 Å². The van der Waals surface area contributed by atoms with Crippen molar-refractivity contribution in [1.29, 1.82) is 0 Å². The van der Waals surface area contributed by atoms with Gasteiger partial charge in [-0.3, -0.25) is 4.79 Å². The number of ether oxygens (including phenoxy) is 2. The largest absolute Gasteiger partial charge is 0.497 e. The van der Waals surface area contributed by atoms with Crippen LogP contribution in [-0.4, -0.2) is 41.6 Å². The highest BCUT2D eigenvalue weighted by Crippen LogP contribution is 2.40. The van der Waals surface area contributed by atoms with Gasteiger partial charge in [-0.25, -0.2) is 4.79 Å². The lowest BCUT2D eigenvalue weighted by Crippen LogP contribution is -2.49. The standard InChI is InChI=1S/C20H27NO4/c1-20(2,3)25-19(23)21-15-8-9-16(21)11-14(10-15)18(22)13-6-5-7-17(12-13)24-4/h5-7,12,14-16H,8-11H2,1-4H3. The van der Waals surface area contributed by atoms with Crippen molar-refractivity contribution >= 4 is 11.9 Å². The Morgan fingerprint density at radius 3 is 2.32 bits per heavy atom. The molecule has 2 heterocycles. The minimum absolute atomic E-state index is 0.0386. The molecule has 0 aromatic heterocycles. The normalized spacial score (nSPS) is 25.6. The molecule has 2 bridgehead atoms. The number of Topliss-reactive ketones (excluding diaryl/α,β-unsaturated/α-hetero) is 1. The Kier molecular flexibility index (Phi) is 4.76. The number of piperidine rings is 1. The number of nitrogens with zero attached hydrogens (tertiary/aromatic N) is 1. The Hall–Kier alpha value is -2.04. The summed E-state index contributed by atoms with van der Waals surface area (Å²) in [4.78, 5) is 27.3. The number of carbonyl (C=O) groups excluding carboxylic acids is 2. The van der Waals surface area contributed by atoms with E-state index >= 15 is 0 Å². The molecule has 0 spiro atoms. The smallest absolute Gasteiger partial charge is 0.410 e. The zero-order valence-electron chi connectivity index (χ0n) is 15.5. The van der Waals surface area contributed by atoms with Crippen molar-refractivity contribution in [1.82, 2.24) is 4.90 Å². The molecule has 0 radical (unpaired) electrons. The molecule has 2 saturated heterocycles. The fourth-order valence-corrected chi connectivity index (χ4v) is 4.02. The third kappa shape index (κ3) is 3.80. The molecule has 2 aliphatic rings. The van der Waals surface area contributed by atoms with Gasteiger partial charge in [0.2, 0.25) is 0 Å². The molecule has 1 aromatic rings. The highest BCUT2D eigenvalue weighted by molar-refractivity contribution is 5.98. The summed E-state index contributed by atoms with van der Waals surface area (Å²) in [6, 6.07) is 7.53. The molecule has 1 aromatic carbocycles. The molecule has 0 aliphatic carbocycles. The summed E-state index contributed by atoms with van der Waals surface area (Å²) in [5.74, 6) is 0.808. The van der Waals surface area contributed by atoms with E-state index in [9.17, 15) is 9.59 Å². The number of carbonyl (C=O) groups is 2. The van der Waals surface area contributed by atoms with Crippen LogP contribution in [0.25, 0.3) is 0 Å². The Bertz CT molecular complexity index is 650. The Morgan fingerprint density at radius 1 is 1.12 bits per heavy atom. The maximum atomic E-state index is 12.9. The van der Waals surface area contributed by atoms with Crippen molar-refractivity contribution in [2.24, 2.45) is 5.92 Å². The summed E-state index contributed by atoms with van der Waals surface area (Å²) in [6.07, 6.45) is 3.09. The third-order valence-electron chi connectivity index (χ3n) is 5.06. The molecule has 1 amide bonds. The highest BCUT2D eigenvalue weighted by Gasteiger charge is 2.46. The van der Waals surface area contributed by atoms with Crippen LogP contribution in [0.15, 0.2) is 24.3 Å². The number of fused-ring (bicyclic) bond motifs is 2. The van der Waals surface area contributed by atoms with Crippen LogP contribution < -0.4 is 4.74 Å². The summed E-state index contributed by atoms with van der Waals surface area (Å²) < 4.78 is 10.8. The summed E-state index contributed by atoms with van der Waals surface area (Å²) in [6.45, 7) is 5.64. The fraction of sp³-hybridized carbons (Fsp3) is 0.600. The zero-order chi connectivity index (χ0) is 18.2. The van der Waals surface area contributed by atoms with Crippen LogP contribution in [0.3, 0.4) is 0 Å². The second-order valence-corrected chi connectivity index (χ2v) is 8.04. The van der Waals surface area contributed by atoms with E-state index in [0.717, 1.165) is 12.8 Å². The van der Waals surface area contributed by atoms with Gasteiger partial charge >= 0.3 is 6.09 Å². The van der Waals surface area contributed by atoms with Crippen LogP contribution in [-0.2, 0) is 4.74 Å². The number of amides is 1. The van der Waals surface area contributed by atoms with Crippen molar-refractivity contribution < 1.29 is 19.1 Å². The van der Waals surface area contributed by atoms with E-state index in [2.05, 4.69) is 0 Å². The number of hydrogen-bond donors (Lipinski definition) is 0. The van der Waals surface area contributed by atoms with Crippen LogP contribution in [0.2, 0.25) is 0 Å². The van der Waals surface area contributed by atoms with Gasteiger partial charge in [-0.2, -0.15) is 0 Å². The maximum absolute atomic E-state index is 12.9. The molecule has 5 nitrogen and oxygen atoms in total.